The molecule has 0 aromatic carbocycles. The number of alkyl halides is 3. The summed E-state index contributed by atoms with van der Waals surface area (Å²) in [5, 5.41) is 2.61. The van der Waals surface area contributed by atoms with Crippen molar-refractivity contribution in [1.82, 2.24) is 10.2 Å². The summed E-state index contributed by atoms with van der Waals surface area (Å²) in [6.07, 6.45) is 2.98. The lowest BCUT2D eigenvalue weighted by atomic mass is 10.1. The number of imide groups is 1. The molecule has 0 aromatic heterocycles. The molecule has 1 aliphatic heterocycles. The largest absolute Gasteiger partial charge is 0.499 e. The van der Waals surface area contributed by atoms with Crippen LogP contribution in [0.5, 0.6) is 0 Å². The first-order valence-corrected chi connectivity index (χ1v) is 9.26. The van der Waals surface area contributed by atoms with E-state index in [1.54, 1.807) is 6.92 Å². The van der Waals surface area contributed by atoms with Crippen LogP contribution < -0.4 is 5.32 Å². The lowest BCUT2D eigenvalue weighted by Crippen LogP contribution is -2.52. The smallest absolute Gasteiger partial charge is 0.257 e. The van der Waals surface area contributed by atoms with Gasteiger partial charge in [-0.05, 0) is 19.3 Å². The van der Waals surface area contributed by atoms with Crippen LogP contribution in [-0.2, 0) is 19.1 Å². The van der Waals surface area contributed by atoms with Crippen LogP contribution in [0.25, 0.3) is 0 Å². The van der Waals surface area contributed by atoms with Crippen LogP contribution in [0.4, 0.5) is 0 Å². The summed E-state index contributed by atoms with van der Waals surface area (Å²) in [5.41, 5.74) is 0. The van der Waals surface area contributed by atoms with E-state index in [-0.39, 0.29) is 25.2 Å². The summed E-state index contributed by atoms with van der Waals surface area (Å²) in [4.78, 5) is 38.1. The maximum Gasteiger partial charge on any atom is 0.257 e. The maximum absolute atomic E-state index is 12.9. The number of nitrogens with zero attached hydrogens (tertiary/aromatic N) is 1. The highest BCUT2D eigenvalue weighted by atomic mass is 35.6. The van der Waals surface area contributed by atoms with E-state index in [0.29, 0.717) is 12.2 Å². The van der Waals surface area contributed by atoms with E-state index in [1.165, 1.54) is 13.2 Å². The molecule has 0 bridgehead atoms. The Morgan fingerprint density at radius 2 is 2.00 bits per heavy atom. The molecule has 0 fully saturated rings. The Bertz CT molecular complexity index is 546. The topological polar surface area (TPSA) is 75.7 Å². The minimum absolute atomic E-state index is 0.0586. The van der Waals surface area contributed by atoms with Gasteiger partial charge in [0.2, 0.25) is 5.91 Å². The van der Waals surface area contributed by atoms with Crippen LogP contribution >= 0.6 is 34.8 Å². The minimum Gasteiger partial charge on any atom is -0.499 e. The standard InChI is InChI=1S/C16H23Cl3N2O4/c1-4-6-11-12(25-3)9-14(23)21(11)15(24)10(20-13(22)5-2)7-8-16(17,18)19/h9-11H,4-8H2,1-3H3,(H,20,22)/t10-,11+/m0/s1. The van der Waals surface area contributed by atoms with E-state index in [4.69, 9.17) is 39.5 Å². The lowest BCUT2D eigenvalue weighted by Gasteiger charge is -2.29. The minimum atomic E-state index is -1.55. The average molecular weight is 414 g/mol. The first-order chi connectivity index (χ1) is 11.6. The molecule has 0 aromatic rings. The molecule has 0 saturated heterocycles. The van der Waals surface area contributed by atoms with E-state index in [9.17, 15) is 14.4 Å². The summed E-state index contributed by atoms with van der Waals surface area (Å²) < 4.78 is 3.67. The Morgan fingerprint density at radius 1 is 1.36 bits per heavy atom. The summed E-state index contributed by atoms with van der Waals surface area (Å²) in [5.74, 6) is -0.879. The van der Waals surface area contributed by atoms with Crippen molar-refractivity contribution >= 4 is 52.5 Å². The zero-order chi connectivity index (χ0) is 19.2. The van der Waals surface area contributed by atoms with Crippen LogP contribution in [0.15, 0.2) is 11.8 Å². The number of halogens is 3. The molecule has 1 rings (SSSR count). The van der Waals surface area contributed by atoms with Crippen molar-refractivity contribution < 1.29 is 19.1 Å². The SMILES string of the molecule is CCC[C@@H]1C(OC)=CC(=O)N1C(=O)[C@H](CCC(Cl)(Cl)Cl)NC(=O)CC. The van der Waals surface area contributed by atoms with E-state index in [2.05, 4.69) is 5.32 Å². The molecule has 6 nitrogen and oxygen atoms in total. The summed E-state index contributed by atoms with van der Waals surface area (Å²) in [7, 11) is 1.45. The second-order valence-electron chi connectivity index (χ2n) is 5.73. The van der Waals surface area contributed by atoms with E-state index in [0.717, 1.165) is 11.3 Å². The molecule has 3 amide bonds. The molecule has 2 atom stereocenters. The van der Waals surface area contributed by atoms with Gasteiger partial charge in [0.05, 0.1) is 13.2 Å². The van der Waals surface area contributed by atoms with E-state index < -0.39 is 27.7 Å². The number of hydrogen-bond donors (Lipinski definition) is 1. The normalized spacial score (nSPS) is 18.8. The van der Waals surface area contributed by atoms with Crippen LogP contribution in [0, 0.1) is 0 Å². The third kappa shape index (κ3) is 6.35. The first kappa shape index (κ1) is 22.1. The predicted molar refractivity (Wildman–Crippen MR) is 97.4 cm³/mol. The van der Waals surface area contributed by atoms with Crippen LogP contribution in [-0.4, -0.2) is 45.6 Å². The fraction of sp³-hybridized carbons (Fsp3) is 0.688. The molecule has 0 radical (unpaired) electrons. The molecule has 0 aliphatic carbocycles. The van der Waals surface area contributed by atoms with Gasteiger partial charge in [-0.1, -0.05) is 55.1 Å². The molecule has 0 saturated carbocycles. The Morgan fingerprint density at radius 3 is 2.48 bits per heavy atom. The van der Waals surface area contributed by atoms with Crippen molar-refractivity contribution in [1.29, 1.82) is 0 Å². The molecule has 9 heteroatoms. The number of amides is 3. The monoisotopic (exact) mass is 412 g/mol. The van der Waals surface area contributed by atoms with Gasteiger partial charge in [-0.15, -0.1) is 0 Å². The van der Waals surface area contributed by atoms with Gasteiger partial charge in [0.15, 0.2) is 3.79 Å². The van der Waals surface area contributed by atoms with E-state index in [1.807, 2.05) is 6.92 Å². The lowest BCUT2D eigenvalue weighted by molar-refractivity contribution is -0.146. The molecule has 1 heterocycles. The van der Waals surface area contributed by atoms with Gasteiger partial charge in [-0.25, -0.2) is 0 Å². The van der Waals surface area contributed by atoms with Gasteiger partial charge >= 0.3 is 0 Å². The Hall–Kier alpha value is -0.980. The second-order valence-corrected chi connectivity index (χ2v) is 8.25. The maximum atomic E-state index is 12.9. The Kier molecular flexibility index (Phi) is 8.51. The zero-order valence-corrected chi connectivity index (χ0v) is 16.7. The average Bonchev–Trinajstić information content (AvgIpc) is 2.85. The predicted octanol–water partition coefficient (Wildman–Crippen LogP) is 3.10. The number of carbonyl (C=O) groups is 3. The molecule has 0 unspecified atom stereocenters. The van der Waals surface area contributed by atoms with Gasteiger partial charge < -0.3 is 10.1 Å². The summed E-state index contributed by atoms with van der Waals surface area (Å²) in [6, 6.07) is -1.43. The molecular weight excluding hydrogens is 391 g/mol. The number of hydrogen-bond acceptors (Lipinski definition) is 4. The van der Waals surface area contributed by atoms with Crippen molar-refractivity contribution in [2.45, 2.75) is 61.8 Å². The van der Waals surface area contributed by atoms with Gasteiger partial charge in [0.1, 0.15) is 11.8 Å². The van der Waals surface area contributed by atoms with Gasteiger partial charge in [0, 0.05) is 12.5 Å². The Labute approximate surface area is 162 Å². The molecule has 25 heavy (non-hydrogen) atoms. The number of nitrogens with one attached hydrogen (secondary N) is 1. The van der Waals surface area contributed by atoms with Gasteiger partial charge in [-0.3, -0.25) is 19.3 Å². The quantitative estimate of drug-likeness (QED) is 0.620. The summed E-state index contributed by atoms with van der Waals surface area (Å²) >= 11 is 17.3. The van der Waals surface area contributed by atoms with Crippen molar-refractivity contribution in [3.8, 4) is 0 Å². The van der Waals surface area contributed by atoms with Crippen molar-refractivity contribution in [3.05, 3.63) is 11.8 Å². The second kappa shape index (κ2) is 9.64. The zero-order valence-electron chi connectivity index (χ0n) is 14.5. The van der Waals surface area contributed by atoms with Gasteiger partial charge in [-0.2, -0.15) is 0 Å². The van der Waals surface area contributed by atoms with Crippen LogP contribution in [0.2, 0.25) is 0 Å². The highest BCUT2D eigenvalue weighted by Gasteiger charge is 2.41. The molecule has 142 valence electrons. The fourth-order valence-electron chi connectivity index (χ4n) is 2.60. The van der Waals surface area contributed by atoms with E-state index >= 15 is 0 Å². The molecular formula is C16H23Cl3N2O4. The number of methoxy groups -OCH3 is 1. The Balaban J connectivity index is 3.01. The first-order valence-electron chi connectivity index (χ1n) is 8.13. The highest BCUT2D eigenvalue weighted by molar-refractivity contribution is 6.67. The highest BCUT2D eigenvalue weighted by Crippen LogP contribution is 2.32. The third-order valence-corrected chi connectivity index (χ3v) is 4.42. The number of rotatable bonds is 8. The number of ether oxygens (including phenoxy) is 1. The fourth-order valence-corrected chi connectivity index (χ4v) is 2.93. The van der Waals surface area contributed by atoms with Crippen LogP contribution in [0.3, 0.4) is 0 Å². The van der Waals surface area contributed by atoms with Crippen LogP contribution in [0.1, 0.15) is 46.0 Å². The van der Waals surface area contributed by atoms with Crippen molar-refractivity contribution in [2.24, 2.45) is 0 Å². The third-order valence-electron chi connectivity index (χ3n) is 3.85. The molecule has 1 N–H and O–H groups in total. The molecule has 0 spiro atoms. The van der Waals surface area contributed by atoms with Gasteiger partial charge in [0.25, 0.3) is 11.8 Å². The molecule has 1 aliphatic rings. The van der Waals surface area contributed by atoms with Crippen molar-refractivity contribution in [3.63, 3.8) is 0 Å². The number of carbonyl (C=O) groups excluding carboxylic acids is 3. The van der Waals surface area contributed by atoms with Crippen molar-refractivity contribution in [2.75, 3.05) is 7.11 Å². The summed E-state index contributed by atoms with van der Waals surface area (Å²) in [6.45, 7) is 3.61.